The summed E-state index contributed by atoms with van der Waals surface area (Å²) in [4.78, 5) is 38.9. The second-order valence-electron chi connectivity index (χ2n) is 16.2. The normalized spacial score (nSPS) is 21.2. The van der Waals surface area contributed by atoms with Crippen LogP contribution in [0.4, 0.5) is 0 Å². The molecule has 0 radical (unpaired) electrons. The monoisotopic (exact) mass is 768 g/mol. The summed E-state index contributed by atoms with van der Waals surface area (Å²) in [7, 11) is 0. The molecule has 0 saturated carbocycles. The Morgan fingerprint density at radius 1 is 0.571 bits per heavy atom. The van der Waals surface area contributed by atoms with E-state index in [1.54, 1.807) is 0 Å². The van der Waals surface area contributed by atoms with Gasteiger partial charge in [0.05, 0.1) is 17.8 Å². The molecule has 6 rings (SSSR count). The van der Waals surface area contributed by atoms with Crippen LogP contribution in [0.2, 0.25) is 0 Å². The van der Waals surface area contributed by atoms with Gasteiger partial charge in [-0.2, -0.15) is 0 Å². The minimum Gasteiger partial charge on any atom is -0.492 e. The summed E-state index contributed by atoms with van der Waals surface area (Å²) in [5.41, 5.74) is 5.40. The number of ether oxygens (including phenoxy) is 1. The van der Waals surface area contributed by atoms with E-state index in [-0.39, 0.29) is 17.8 Å². The predicted octanol–water partition coefficient (Wildman–Crippen LogP) is 4.41. The Hall–Kier alpha value is -4.29. The topological polar surface area (TPSA) is 160 Å². The molecular weight excluding hydrogens is 709 g/mol. The number of hydrogen-bond donors (Lipinski definition) is 6. The number of aliphatic carboxylic acids is 3. The first-order valence-corrected chi connectivity index (χ1v) is 20.6. The molecule has 3 fully saturated rings. The summed E-state index contributed by atoms with van der Waals surface area (Å²) >= 11 is 0. The highest BCUT2D eigenvalue weighted by Crippen LogP contribution is 2.27. The zero-order valence-corrected chi connectivity index (χ0v) is 32.5. The Labute approximate surface area is 331 Å². The lowest BCUT2D eigenvalue weighted by Gasteiger charge is -2.24. The van der Waals surface area contributed by atoms with E-state index in [2.05, 4.69) is 45.1 Å². The van der Waals surface area contributed by atoms with E-state index in [4.69, 9.17) is 4.74 Å². The molecule has 3 aliphatic heterocycles. The molecule has 3 aromatic rings. The lowest BCUT2D eigenvalue weighted by Crippen LogP contribution is -2.32. The first-order chi connectivity index (χ1) is 27.2. The Bertz CT molecular complexity index is 1650. The summed E-state index contributed by atoms with van der Waals surface area (Å²) in [5.74, 6) is -2.32. The van der Waals surface area contributed by atoms with Crippen LogP contribution in [-0.2, 0) is 46.5 Å². The zero-order valence-electron chi connectivity index (χ0n) is 32.5. The summed E-state index contributed by atoms with van der Waals surface area (Å²) in [6.45, 7) is 7.55. The van der Waals surface area contributed by atoms with E-state index in [0.717, 1.165) is 107 Å². The van der Waals surface area contributed by atoms with Crippen LogP contribution < -0.4 is 20.7 Å². The van der Waals surface area contributed by atoms with E-state index < -0.39 is 35.7 Å². The zero-order chi connectivity index (χ0) is 39.3. The van der Waals surface area contributed by atoms with Gasteiger partial charge in [0.15, 0.2) is 0 Å². The SMILES string of the molecule is O=C(O)[C@@H](Cc1cccc(CCN(CCOc2cccc(C[C@H](C(=O)O)[C@H]3CCNC3)c2)CCc2cccc(C[C@H](C(=O)O)[C@H]3CCNC3)c2)c1)[C@H]1CCNC1. The van der Waals surface area contributed by atoms with Crippen molar-refractivity contribution >= 4 is 17.9 Å². The van der Waals surface area contributed by atoms with Gasteiger partial charge in [-0.15, -0.1) is 0 Å². The highest BCUT2D eigenvalue weighted by atomic mass is 16.5. The first-order valence-electron chi connectivity index (χ1n) is 20.6. The van der Waals surface area contributed by atoms with Crippen molar-refractivity contribution in [3.05, 3.63) is 101 Å². The number of nitrogens with zero attached hydrogens (tertiary/aromatic N) is 1. The van der Waals surface area contributed by atoms with Crippen LogP contribution in [0.1, 0.15) is 47.1 Å². The van der Waals surface area contributed by atoms with Crippen molar-refractivity contribution in [2.45, 2.75) is 51.4 Å². The Morgan fingerprint density at radius 2 is 0.964 bits per heavy atom. The third-order valence-corrected chi connectivity index (χ3v) is 12.3. The maximum Gasteiger partial charge on any atom is 0.307 e. The van der Waals surface area contributed by atoms with Gasteiger partial charge in [-0.1, -0.05) is 60.7 Å². The van der Waals surface area contributed by atoms with Crippen molar-refractivity contribution in [2.75, 3.05) is 65.5 Å². The van der Waals surface area contributed by atoms with E-state index in [9.17, 15) is 29.7 Å². The second-order valence-corrected chi connectivity index (χ2v) is 16.2. The minimum absolute atomic E-state index is 0.124. The van der Waals surface area contributed by atoms with Gasteiger partial charge in [-0.3, -0.25) is 19.3 Å². The third kappa shape index (κ3) is 12.1. The molecule has 0 bridgehead atoms. The Balaban J connectivity index is 1.10. The van der Waals surface area contributed by atoms with E-state index in [0.29, 0.717) is 32.4 Å². The van der Waals surface area contributed by atoms with Crippen molar-refractivity contribution < 1.29 is 34.4 Å². The van der Waals surface area contributed by atoms with Crippen LogP contribution >= 0.6 is 0 Å². The number of nitrogens with one attached hydrogen (secondary N) is 3. The number of carbonyl (C=O) groups is 3. The number of rotatable bonds is 22. The highest BCUT2D eigenvalue weighted by molar-refractivity contribution is 5.72. The average molecular weight is 769 g/mol. The molecule has 6 atom stereocenters. The van der Waals surface area contributed by atoms with Crippen molar-refractivity contribution in [2.24, 2.45) is 35.5 Å². The van der Waals surface area contributed by atoms with Crippen LogP contribution in [-0.4, -0.2) is 104 Å². The number of carboxylic acids is 3. The molecule has 302 valence electrons. The molecule has 11 heteroatoms. The van der Waals surface area contributed by atoms with E-state index in [1.807, 2.05) is 48.5 Å². The predicted molar refractivity (Wildman–Crippen MR) is 216 cm³/mol. The van der Waals surface area contributed by atoms with E-state index >= 15 is 0 Å². The van der Waals surface area contributed by atoms with Crippen LogP contribution in [0.3, 0.4) is 0 Å². The minimum atomic E-state index is -0.752. The standard InChI is InChI=1S/C45H60N4O7/c50-43(51)40(36-10-15-46-28-36)25-33-6-1-4-31(22-33)13-18-49(19-14-32-5-2-7-34(23-32)26-41(44(52)53)37-11-16-47-29-37)20-21-56-39-9-3-8-35(24-39)27-42(45(54)55)38-12-17-48-30-38/h1-9,22-24,36-38,40-42,46-48H,10-21,25-30H2,(H,50,51)(H,52,53)(H,54,55)/t36-,37-,38-,40-,41-,42-/m0/s1. The fraction of sp³-hybridized carbons (Fsp3) is 0.533. The Morgan fingerprint density at radius 3 is 1.36 bits per heavy atom. The molecule has 56 heavy (non-hydrogen) atoms. The van der Waals surface area contributed by atoms with Crippen molar-refractivity contribution in [1.82, 2.24) is 20.9 Å². The van der Waals surface area contributed by atoms with Crippen LogP contribution in [0, 0.1) is 35.5 Å². The molecule has 3 aliphatic rings. The molecule has 3 saturated heterocycles. The highest BCUT2D eigenvalue weighted by Gasteiger charge is 2.32. The molecule has 11 nitrogen and oxygen atoms in total. The molecular formula is C45H60N4O7. The molecule has 3 heterocycles. The largest absolute Gasteiger partial charge is 0.492 e. The maximum atomic E-state index is 12.2. The van der Waals surface area contributed by atoms with Crippen LogP contribution in [0.15, 0.2) is 72.8 Å². The van der Waals surface area contributed by atoms with Gasteiger partial charge in [-0.25, -0.2) is 0 Å². The summed E-state index contributed by atoms with van der Waals surface area (Å²) < 4.78 is 6.29. The van der Waals surface area contributed by atoms with Gasteiger partial charge >= 0.3 is 17.9 Å². The molecule has 0 unspecified atom stereocenters. The second kappa shape index (κ2) is 20.8. The summed E-state index contributed by atoms with van der Waals surface area (Å²) in [5, 5.41) is 39.9. The summed E-state index contributed by atoms with van der Waals surface area (Å²) in [6.07, 6.45) is 5.77. The van der Waals surface area contributed by atoms with Crippen molar-refractivity contribution in [3.8, 4) is 5.75 Å². The van der Waals surface area contributed by atoms with Gasteiger partial charge in [0, 0.05) is 19.6 Å². The average Bonchev–Trinajstić information content (AvgIpc) is 4.02. The smallest absolute Gasteiger partial charge is 0.307 e. The van der Waals surface area contributed by atoms with Crippen LogP contribution in [0.5, 0.6) is 5.75 Å². The molecule has 0 spiro atoms. The molecule has 3 aromatic carbocycles. The van der Waals surface area contributed by atoms with Gasteiger partial charge in [-0.05, 0) is 148 Å². The van der Waals surface area contributed by atoms with Gasteiger partial charge < -0.3 is 36.0 Å². The maximum absolute atomic E-state index is 12.2. The Kier molecular flexibility index (Phi) is 15.3. The first kappa shape index (κ1) is 41.3. The van der Waals surface area contributed by atoms with Gasteiger partial charge in [0.1, 0.15) is 12.4 Å². The molecule has 0 aliphatic carbocycles. The van der Waals surface area contributed by atoms with Gasteiger partial charge in [0.2, 0.25) is 0 Å². The molecule has 0 amide bonds. The van der Waals surface area contributed by atoms with Crippen LogP contribution in [0.25, 0.3) is 0 Å². The fourth-order valence-corrected chi connectivity index (χ4v) is 8.98. The number of benzene rings is 3. The van der Waals surface area contributed by atoms with E-state index in [1.165, 1.54) is 11.1 Å². The van der Waals surface area contributed by atoms with Crippen molar-refractivity contribution in [3.63, 3.8) is 0 Å². The fourth-order valence-electron chi connectivity index (χ4n) is 8.98. The molecule has 6 N–H and O–H groups in total. The lowest BCUT2D eigenvalue weighted by molar-refractivity contribution is -0.144. The molecule has 0 aromatic heterocycles. The summed E-state index contributed by atoms with van der Waals surface area (Å²) in [6, 6.07) is 24.5. The quantitative estimate of drug-likeness (QED) is 0.0860. The van der Waals surface area contributed by atoms with Crippen molar-refractivity contribution in [1.29, 1.82) is 0 Å². The number of carboxylic acid groups (broad SMARTS) is 3. The lowest BCUT2D eigenvalue weighted by atomic mass is 9.86. The third-order valence-electron chi connectivity index (χ3n) is 12.3. The van der Waals surface area contributed by atoms with Gasteiger partial charge in [0.25, 0.3) is 0 Å². The number of hydrogen-bond acceptors (Lipinski definition) is 8.